The van der Waals surface area contributed by atoms with Crippen molar-refractivity contribution in [1.82, 2.24) is 0 Å². The fourth-order valence-electron chi connectivity index (χ4n) is 1.84. The third kappa shape index (κ3) is 3.28. The van der Waals surface area contributed by atoms with Gasteiger partial charge in [-0.05, 0) is 52.7 Å². The van der Waals surface area contributed by atoms with Crippen LogP contribution in [0.2, 0.25) is 0 Å². The van der Waals surface area contributed by atoms with Gasteiger partial charge in [0.05, 0.1) is 4.47 Å². The highest BCUT2D eigenvalue weighted by molar-refractivity contribution is 9.10. The summed E-state index contributed by atoms with van der Waals surface area (Å²) in [6.45, 7) is 4.11. The predicted octanol–water partition coefficient (Wildman–Crippen LogP) is 5.47. The standard InChI is InChI=1S/C13H16Br2F2/c1-3-13(4-2,8-14)7-9-11(16)6-5-10(15)12(9)17/h5-6H,3-4,7-8H2,1-2H3. The van der Waals surface area contributed by atoms with Crippen molar-refractivity contribution in [3.05, 3.63) is 33.8 Å². The van der Waals surface area contributed by atoms with Crippen molar-refractivity contribution in [2.24, 2.45) is 5.41 Å². The van der Waals surface area contributed by atoms with E-state index in [0.29, 0.717) is 10.9 Å². The Hall–Kier alpha value is 0.0400. The number of rotatable bonds is 5. The van der Waals surface area contributed by atoms with Gasteiger partial charge in [-0.2, -0.15) is 0 Å². The maximum Gasteiger partial charge on any atom is 0.143 e. The zero-order valence-corrected chi connectivity index (χ0v) is 13.2. The second-order valence-corrected chi connectivity index (χ2v) is 5.75. The van der Waals surface area contributed by atoms with Crippen LogP contribution in [0.25, 0.3) is 0 Å². The third-order valence-corrected chi connectivity index (χ3v) is 5.28. The number of halogens is 4. The van der Waals surface area contributed by atoms with E-state index < -0.39 is 11.6 Å². The number of benzene rings is 1. The predicted molar refractivity (Wildman–Crippen MR) is 74.6 cm³/mol. The van der Waals surface area contributed by atoms with Gasteiger partial charge in [-0.15, -0.1) is 0 Å². The fraction of sp³-hybridized carbons (Fsp3) is 0.538. The van der Waals surface area contributed by atoms with Gasteiger partial charge in [-0.3, -0.25) is 0 Å². The Labute approximate surface area is 118 Å². The number of alkyl halides is 1. The summed E-state index contributed by atoms with van der Waals surface area (Å²) in [5.74, 6) is -0.935. The van der Waals surface area contributed by atoms with Crippen LogP contribution >= 0.6 is 31.9 Å². The first-order valence-electron chi connectivity index (χ1n) is 5.68. The van der Waals surface area contributed by atoms with Crippen molar-refractivity contribution in [2.45, 2.75) is 33.1 Å². The van der Waals surface area contributed by atoms with Crippen LogP contribution in [0.1, 0.15) is 32.3 Å². The first-order chi connectivity index (χ1) is 7.99. The average Bonchev–Trinajstić information content (AvgIpc) is 2.36. The second kappa shape index (κ2) is 6.28. The zero-order valence-electron chi connectivity index (χ0n) is 9.99. The Morgan fingerprint density at radius 2 is 1.76 bits per heavy atom. The molecule has 0 saturated carbocycles. The van der Waals surface area contributed by atoms with Crippen LogP contribution in [0.15, 0.2) is 16.6 Å². The summed E-state index contributed by atoms with van der Waals surface area (Å²) in [5, 5.41) is 0.748. The molecule has 0 atom stereocenters. The van der Waals surface area contributed by atoms with Crippen molar-refractivity contribution in [1.29, 1.82) is 0 Å². The van der Waals surface area contributed by atoms with Gasteiger partial charge in [-0.25, -0.2) is 8.78 Å². The van der Waals surface area contributed by atoms with Gasteiger partial charge >= 0.3 is 0 Å². The maximum absolute atomic E-state index is 13.9. The van der Waals surface area contributed by atoms with Crippen LogP contribution in [0, 0.1) is 17.0 Å². The van der Waals surface area contributed by atoms with Gasteiger partial charge in [-0.1, -0.05) is 29.8 Å². The lowest BCUT2D eigenvalue weighted by Crippen LogP contribution is -2.25. The molecule has 96 valence electrons. The summed E-state index contributed by atoms with van der Waals surface area (Å²) in [5.41, 5.74) is 0.102. The molecule has 0 fully saturated rings. The molecule has 0 aromatic heterocycles. The normalized spacial score (nSPS) is 11.9. The molecule has 0 heterocycles. The van der Waals surface area contributed by atoms with Crippen molar-refractivity contribution in [2.75, 3.05) is 5.33 Å². The monoisotopic (exact) mass is 368 g/mol. The Kier molecular flexibility index (Phi) is 5.58. The van der Waals surface area contributed by atoms with Crippen LogP contribution in [0.4, 0.5) is 8.78 Å². The van der Waals surface area contributed by atoms with Crippen LogP contribution in [-0.2, 0) is 6.42 Å². The average molecular weight is 370 g/mol. The summed E-state index contributed by atoms with van der Waals surface area (Å²) >= 11 is 6.56. The van der Waals surface area contributed by atoms with Crippen LogP contribution in [0.3, 0.4) is 0 Å². The quantitative estimate of drug-likeness (QED) is 0.476. The van der Waals surface area contributed by atoms with Gasteiger partial charge < -0.3 is 0 Å². The molecule has 0 aliphatic heterocycles. The Balaban J connectivity index is 3.13. The highest BCUT2D eigenvalue weighted by Gasteiger charge is 2.28. The first kappa shape index (κ1) is 15.1. The Morgan fingerprint density at radius 3 is 2.24 bits per heavy atom. The first-order valence-corrected chi connectivity index (χ1v) is 7.59. The molecule has 0 saturated heterocycles. The summed E-state index contributed by atoms with van der Waals surface area (Å²) in [7, 11) is 0. The molecule has 4 heteroatoms. The minimum absolute atomic E-state index is 0.0809. The van der Waals surface area contributed by atoms with Gasteiger partial charge in [0, 0.05) is 10.9 Å². The molecular weight excluding hydrogens is 354 g/mol. The highest BCUT2D eigenvalue weighted by atomic mass is 79.9. The van der Waals surface area contributed by atoms with E-state index >= 15 is 0 Å². The van der Waals surface area contributed by atoms with E-state index in [1.807, 2.05) is 0 Å². The van der Waals surface area contributed by atoms with Crippen LogP contribution in [0.5, 0.6) is 0 Å². The minimum Gasteiger partial charge on any atom is -0.207 e. The lowest BCUT2D eigenvalue weighted by atomic mass is 9.78. The third-order valence-electron chi connectivity index (χ3n) is 3.47. The van der Waals surface area contributed by atoms with E-state index in [1.165, 1.54) is 12.1 Å². The van der Waals surface area contributed by atoms with Crippen LogP contribution < -0.4 is 0 Å². The molecule has 17 heavy (non-hydrogen) atoms. The molecule has 0 aliphatic rings. The van der Waals surface area contributed by atoms with E-state index in [4.69, 9.17) is 0 Å². The summed E-state index contributed by atoms with van der Waals surface area (Å²) in [6.07, 6.45) is 2.20. The van der Waals surface area contributed by atoms with Crippen molar-refractivity contribution in [3.8, 4) is 0 Å². The lowest BCUT2D eigenvalue weighted by Gasteiger charge is -2.30. The van der Waals surface area contributed by atoms with Gasteiger partial charge in [0.25, 0.3) is 0 Å². The van der Waals surface area contributed by atoms with E-state index in [2.05, 4.69) is 45.7 Å². The summed E-state index contributed by atoms with van der Waals surface area (Å²) in [4.78, 5) is 0. The summed E-state index contributed by atoms with van der Waals surface area (Å²) < 4.78 is 27.9. The zero-order chi connectivity index (χ0) is 13.1. The van der Waals surface area contributed by atoms with E-state index in [-0.39, 0.29) is 11.0 Å². The van der Waals surface area contributed by atoms with Gasteiger partial charge in [0.1, 0.15) is 11.6 Å². The number of hydrogen-bond acceptors (Lipinski definition) is 0. The van der Waals surface area contributed by atoms with Gasteiger partial charge in [0.15, 0.2) is 0 Å². The molecule has 0 bridgehead atoms. The largest absolute Gasteiger partial charge is 0.207 e. The van der Waals surface area contributed by atoms with E-state index in [0.717, 1.165) is 18.2 Å². The Morgan fingerprint density at radius 1 is 1.18 bits per heavy atom. The molecular formula is C13H16Br2F2. The van der Waals surface area contributed by atoms with Crippen molar-refractivity contribution in [3.63, 3.8) is 0 Å². The molecule has 0 unspecified atom stereocenters. The number of hydrogen-bond donors (Lipinski definition) is 0. The van der Waals surface area contributed by atoms with Gasteiger partial charge in [0.2, 0.25) is 0 Å². The maximum atomic E-state index is 13.9. The topological polar surface area (TPSA) is 0 Å². The highest BCUT2D eigenvalue weighted by Crippen LogP contribution is 2.35. The molecule has 0 nitrogen and oxygen atoms in total. The van der Waals surface area contributed by atoms with E-state index in [9.17, 15) is 8.78 Å². The van der Waals surface area contributed by atoms with Crippen molar-refractivity contribution < 1.29 is 8.78 Å². The van der Waals surface area contributed by atoms with Crippen LogP contribution in [-0.4, -0.2) is 5.33 Å². The molecule has 1 aromatic rings. The molecule has 1 rings (SSSR count). The fourth-order valence-corrected chi connectivity index (χ4v) is 3.21. The smallest absolute Gasteiger partial charge is 0.143 e. The second-order valence-electron chi connectivity index (χ2n) is 4.34. The molecule has 0 radical (unpaired) electrons. The van der Waals surface area contributed by atoms with Crippen molar-refractivity contribution >= 4 is 31.9 Å². The lowest BCUT2D eigenvalue weighted by molar-refractivity contribution is 0.297. The van der Waals surface area contributed by atoms with E-state index in [1.54, 1.807) is 0 Å². The molecule has 1 aromatic carbocycles. The molecule has 0 spiro atoms. The minimum atomic E-state index is -0.475. The molecule has 0 aliphatic carbocycles. The Bertz CT molecular complexity index is 379. The summed E-state index contributed by atoms with van der Waals surface area (Å²) in [6, 6.07) is 2.72. The molecule has 0 amide bonds. The SMILES string of the molecule is CCC(CC)(CBr)Cc1c(F)ccc(Br)c1F. The molecule has 0 N–H and O–H groups in total.